The van der Waals surface area contributed by atoms with Gasteiger partial charge in [-0.15, -0.1) is 0 Å². The van der Waals surface area contributed by atoms with E-state index in [1.807, 2.05) is 62.4 Å². The highest BCUT2D eigenvalue weighted by Gasteiger charge is 2.17. The highest BCUT2D eigenvalue weighted by Crippen LogP contribution is 2.25. The van der Waals surface area contributed by atoms with Gasteiger partial charge in [0.25, 0.3) is 5.91 Å². The quantitative estimate of drug-likeness (QED) is 0.501. The van der Waals surface area contributed by atoms with Crippen LogP contribution < -0.4 is 5.32 Å². The molecule has 144 valence electrons. The molecular formula is C24H20FN3O. The Balaban J connectivity index is 1.75. The number of benzene rings is 3. The molecule has 1 heterocycles. The van der Waals surface area contributed by atoms with E-state index in [4.69, 9.17) is 0 Å². The first-order chi connectivity index (χ1) is 14.0. The smallest absolute Gasteiger partial charge is 0.276 e. The van der Waals surface area contributed by atoms with Gasteiger partial charge in [-0.1, -0.05) is 42.0 Å². The fourth-order valence-corrected chi connectivity index (χ4v) is 3.11. The lowest BCUT2D eigenvalue weighted by atomic mass is 10.1. The maximum atomic E-state index is 13.1. The highest BCUT2D eigenvalue weighted by molar-refractivity contribution is 6.03. The van der Waals surface area contributed by atoms with Gasteiger partial charge in [-0.3, -0.25) is 4.79 Å². The van der Waals surface area contributed by atoms with Gasteiger partial charge in [0, 0.05) is 11.3 Å². The molecule has 0 spiro atoms. The van der Waals surface area contributed by atoms with Crippen LogP contribution in [0.4, 0.5) is 10.1 Å². The number of hydrogen-bond donors (Lipinski definition) is 1. The van der Waals surface area contributed by atoms with Gasteiger partial charge in [-0.25, -0.2) is 9.07 Å². The van der Waals surface area contributed by atoms with Crippen LogP contribution in [-0.2, 0) is 0 Å². The van der Waals surface area contributed by atoms with Crippen molar-refractivity contribution in [2.24, 2.45) is 0 Å². The van der Waals surface area contributed by atoms with Crippen molar-refractivity contribution in [3.8, 4) is 16.9 Å². The van der Waals surface area contributed by atoms with Gasteiger partial charge in [0.05, 0.1) is 11.4 Å². The number of hydrogen-bond acceptors (Lipinski definition) is 2. The van der Waals surface area contributed by atoms with Crippen molar-refractivity contribution in [2.75, 3.05) is 5.32 Å². The number of carbonyl (C=O) groups excluding carboxylic acids is 1. The third kappa shape index (κ3) is 4.09. The summed E-state index contributed by atoms with van der Waals surface area (Å²) < 4.78 is 14.9. The molecule has 0 radical (unpaired) electrons. The Kier molecular flexibility index (Phi) is 4.96. The molecule has 5 heteroatoms. The molecule has 0 aliphatic heterocycles. The van der Waals surface area contributed by atoms with Crippen LogP contribution in [0.2, 0.25) is 0 Å². The Bertz CT molecular complexity index is 1160. The number of anilines is 1. The van der Waals surface area contributed by atoms with Gasteiger partial charge in [0.2, 0.25) is 0 Å². The molecule has 29 heavy (non-hydrogen) atoms. The molecule has 0 bridgehead atoms. The molecule has 0 aliphatic rings. The summed E-state index contributed by atoms with van der Waals surface area (Å²) in [6.07, 6.45) is 0. The summed E-state index contributed by atoms with van der Waals surface area (Å²) in [4.78, 5) is 12.8. The normalized spacial score (nSPS) is 10.7. The molecular weight excluding hydrogens is 365 g/mol. The Morgan fingerprint density at radius 2 is 1.62 bits per heavy atom. The van der Waals surface area contributed by atoms with Crippen molar-refractivity contribution in [1.82, 2.24) is 9.78 Å². The number of amides is 1. The van der Waals surface area contributed by atoms with Crippen LogP contribution >= 0.6 is 0 Å². The third-order valence-corrected chi connectivity index (χ3v) is 4.64. The zero-order chi connectivity index (χ0) is 20.4. The van der Waals surface area contributed by atoms with Crippen molar-refractivity contribution in [2.45, 2.75) is 13.8 Å². The number of carbonyl (C=O) groups is 1. The molecule has 1 aromatic heterocycles. The van der Waals surface area contributed by atoms with E-state index in [1.54, 1.807) is 10.7 Å². The number of aryl methyl sites for hydroxylation is 2. The number of rotatable bonds is 4. The Labute approximate surface area is 168 Å². The number of aromatic nitrogens is 2. The largest absolute Gasteiger partial charge is 0.321 e. The summed E-state index contributed by atoms with van der Waals surface area (Å²) in [5.74, 6) is -0.704. The topological polar surface area (TPSA) is 46.9 Å². The SMILES string of the molecule is Cc1ccc(-c2cc(C(=O)Nc3ccc(F)cc3)nn2-c2cccc(C)c2)cc1. The number of nitrogens with zero attached hydrogens (tertiary/aromatic N) is 2. The molecule has 0 fully saturated rings. The van der Waals surface area contributed by atoms with E-state index in [0.717, 1.165) is 28.1 Å². The predicted molar refractivity (Wildman–Crippen MR) is 113 cm³/mol. The molecule has 3 aromatic carbocycles. The molecule has 0 saturated carbocycles. The van der Waals surface area contributed by atoms with Gasteiger partial charge in [0.1, 0.15) is 5.82 Å². The minimum Gasteiger partial charge on any atom is -0.321 e. The van der Waals surface area contributed by atoms with E-state index in [-0.39, 0.29) is 17.4 Å². The molecule has 1 amide bonds. The lowest BCUT2D eigenvalue weighted by Crippen LogP contribution is -2.13. The summed E-state index contributed by atoms with van der Waals surface area (Å²) in [6.45, 7) is 4.05. The van der Waals surface area contributed by atoms with Crippen LogP contribution in [-0.4, -0.2) is 15.7 Å². The summed E-state index contributed by atoms with van der Waals surface area (Å²) in [7, 11) is 0. The standard InChI is InChI=1S/C24H20FN3O/c1-16-6-8-18(9-7-16)23-15-22(24(29)26-20-12-10-19(25)11-13-20)27-28(23)21-5-3-4-17(2)14-21/h3-15H,1-2H3,(H,26,29). The van der Waals surface area contributed by atoms with Crippen molar-refractivity contribution in [3.05, 3.63) is 102 Å². The first kappa shape index (κ1) is 18.6. The van der Waals surface area contributed by atoms with Gasteiger partial charge < -0.3 is 5.32 Å². The molecule has 4 nitrogen and oxygen atoms in total. The second-order valence-corrected chi connectivity index (χ2v) is 6.99. The molecule has 4 rings (SSSR count). The Morgan fingerprint density at radius 3 is 2.31 bits per heavy atom. The zero-order valence-electron chi connectivity index (χ0n) is 16.2. The predicted octanol–water partition coefficient (Wildman–Crippen LogP) is 5.55. The molecule has 1 N–H and O–H groups in total. The van der Waals surface area contributed by atoms with E-state index in [0.29, 0.717) is 5.69 Å². The van der Waals surface area contributed by atoms with E-state index in [9.17, 15) is 9.18 Å². The van der Waals surface area contributed by atoms with Crippen molar-refractivity contribution >= 4 is 11.6 Å². The fraction of sp³-hybridized carbons (Fsp3) is 0.0833. The summed E-state index contributed by atoms with van der Waals surface area (Å²) in [5.41, 5.74) is 5.71. The first-order valence-electron chi connectivity index (χ1n) is 9.31. The number of halogens is 1. The zero-order valence-corrected chi connectivity index (χ0v) is 16.2. The number of nitrogens with one attached hydrogen (secondary N) is 1. The van der Waals surface area contributed by atoms with Crippen molar-refractivity contribution in [3.63, 3.8) is 0 Å². The van der Waals surface area contributed by atoms with Crippen LogP contribution in [0.15, 0.2) is 78.9 Å². The summed E-state index contributed by atoms with van der Waals surface area (Å²) in [6, 6.07) is 23.5. The Morgan fingerprint density at radius 1 is 0.897 bits per heavy atom. The molecule has 0 saturated heterocycles. The van der Waals surface area contributed by atoms with Gasteiger partial charge in [0.15, 0.2) is 5.69 Å². The molecule has 0 atom stereocenters. The van der Waals surface area contributed by atoms with E-state index >= 15 is 0 Å². The van der Waals surface area contributed by atoms with Crippen LogP contribution in [0.5, 0.6) is 0 Å². The lowest BCUT2D eigenvalue weighted by molar-refractivity contribution is 0.102. The maximum absolute atomic E-state index is 13.1. The van der Waals surface area contributed by atoms with Crippen molar-refractivity contribution in [1.29, 1.82) is 0 Å². The van der Waals surface area contributed by atoms with Gasteiger partial charge in [-0.05, 0) is 61.9 Å². The van der Waals surface area contributed by atoms with Crippen LogP contribution in [0.1, 0.15) is 21.6 Å². The van der Waals surface area contributed by atoms with E-state index in [2.05, 4.69) is 10.4 Å². The Hall–Kier alpha value is -3.73. The summed E-state index contributed by atoms with van der Waals surface area (Å²) in [5, 5.41) is 7.33. The summed E-state index contributed by atoms with van der Waals surface area (Å²) >= 11 is 0. The highest BCUT2D eigenvalue weighted by atomic mass is 19.1. The second kappa shape index (κ2) is 7.72. The van der Waals surface area contributed by atoms with Gasteiger partial charge >= 0.3 is 0 Å². The average Bonchev–Trinajstić information content (AvgIpc) is 3.16. The van der Waals surface area contributed by atoms with E-state index in [1.165, 1.54) is 24.3 Å². The van der Waals surface area contributed by atoms with Crippen LogP contribution in [0, 0.1) is 19.7 Å². The molecule has 0 aliphatic carbocycles. The van der Waals surface area contributed by atoms with Crippen LogP contribution in [0.3, 0.4) is 0 Å². The first-order valence-corrected chi connectivity index (χ1v) is 9.31. The monoisotopic (exact) mass is 385 g/mol. The molecule has 0 unspecified atom stereocenters. The fourth-order valence-electron chi connectivity index (χ4n) is 3.11. The average molecular weight is 385 g/mol. The van der Waals surface area contributed by atoms with Crippen molar-refractivity contribution < 1.29 is 9.18 Å². The lowest BCUT2D eigenvalue weighted by Gasteiger charge is -2.08. The second-order valence-electron chi connectivity index (χ2n) is 6.99. The molecule has 4 aromatic rings. The minimum absolute atomic E-state index is 0.284. The minimum atomic E-state index is -0.353. The van der Waals surface area contributed by atoms with E-state index < -0.39 is 0 Å². The van der Waals surface area contributed by atoms with Crippen LogP contribution in [0.25, 0.3) is 16.9 Å². The third-order valence-electron chi connectivity index (χ3n) is 4.64. The van der Waals surface area contributed by atoms with Gasteiger partial charge in [-0.2, -0.15) is 5.10 Å². The maximum Gasteiger partial charge on any atom is 0.276 e.